The summed E-state index contributed by atoms with van der Waals surface area (Å²) in [6.45, 7) is -0.247. The Morgan fingerprint density at radius 3 is 2.64 bits per heavy atom. The van der Waals surface area contributed by atoms with Gasteiger partial charge >= 0.3 is 0 Å². The zero-order valence-electron chi connectivity index (χ0n) is 13.3. The van der Waals surface area contributed by atoms with Crippen molar-refractivity contribution in [1.82, 2.24) is 10.7 Å². The van der Waals surface area contributed by atoms with Gasteiger partial charge in [0, 0.05) is 16.1 Å². The van der Waals surface area contributed by atoms with Gasteiger partial charge in [-0.2, -0.15) is 5.10 Å². The molecule has 0 radical (unpaired) electrons. The molecule has 25 heavy (non-hydrogen) atoms. The number of halogens is 1. The summed E-state index contributed by atoms with van der Waals surface area (Å²) in [5.41, 5.74) is 3.02. The molecule has 0 unspecified atom stereocenters. The van der Waals surface area contributed by atoms with Gasteiger partial charge in [0.15, 0.2) is 11.5 Å². The summed E-state index contributed by atoms with van der Waals surface area (Å²) in [7, 11) is 1.43. The van der Waals surface area contributed by atoms with Crippen molar-refractivity contribution in [3.8, 4) is 11.5 Å². The highest BCUT2D eigenvalue weighted by Crippen LogP contribution is 2.27. The zero-order valence-corrected chi connectivity index (χ0v) is 14.1. The summed E-state index contributed by atoms with van der Waals surface area (Å²) in [6.07, 6.45) is 1.27. The van der Waals surface area contributed by atoms with E-state index in [-0.39, 0.29) is 12.3 Å². The molecule has 2 aromatic rings. The lowest BCUT2D eigenvalue weighted by atomic mass is 10.2. The quantitative estimate of drug-likeness (QED) is 0.540. The molecule has 0 heterocycles. The van der Waals surface area contributed by atoms with Gasteiger partial charge in [0.05, 0.1) is 19.9 Å². The molecule has 130 valence electrons. The second kappa shape index (κ2) is 8.70. The van der Waals surface area contributed by atoms with Crippen molar-refractivity contribution in [2.45, 2.75) is 0 Å². The molecule has 0 aromatic heterocycles. The van der Waals surface area contributed by atoms with Gasteiger partial charge < -0.3 is 15.2 Å². The molecule has 0 aliphatic rings. The molecule has 8 heteroatoms. The van der Waals surface area contributed by atoms with Crippen LogP contribution in [0.2, 0.25) is 5.02 Å². The first-order valence-corrected chi connectivity index (χ1v) is 7.60. The van der Waals surface area contributed by atoms with Crippen LogP contribution in [0.25, 0.3) is 0 Å². The van der Waals surface area contributed by atoms with Crippen LogP contribution in [0.15, 0.2) is 47.6 Å². The molecule has 0 aliphatic carbocycles. The van der Waals surface area contributed by atoms with Crippen LogP contribution >= 0.6 is 11.6 Å². The number of hydrogen-bond acceptors (Lipinski definition) is 5. The van der Waals surface area contributed by atoms with E-state index in [1.165, 1.54) is 13.3 Å². The predicted octanol–water partition coefficient (Wildman–Crippen LogP) is 1.93. The smallest absolute Gasteiger partial charge is 0.259 e. The first kappa shape index (κ1) is 18.3. The lowest BCUT2D eigenvalue weighted by Crippen LogP contribution is -2.34. The van der Waals surface area contributed by atoms with Gasteiger partial charge in [-0.05, 0) is 36.4 Å². The number of benzene rings is 2. The molecule has 2 aromatic carbocycles. The fourth-order valence-electron chi connectivity index (χ4n) is 1.89. The Balaban J connectivity index is 1.84. The highest BCUT2D eigenvalue weighted by atomic mass is 35.5. The number of methoxy groups -OCH3 is 1. The maximum atomic E-state index is 11.9. The average Bonchev–Trinajstić information content (AvgIpc) is 2.61. The van der Waals surface area contributed by atoms with Gasteiger partial charge in [-0.25, -0.2) is 5.43 Å². The standard InChI is InChI=1S/C17H16ClN3O4/c1-25-14-4-2-3-12(16(14)23)9-20-21-15(22)10-19-17(24)11-5-7-13(18)8-6-11/h2-9,23H,10H2,1H3,(H,19,24)(H,21,22). The van der Waals surface area contributed by atoms with E-state index in [2.05, 4.69) is 15.8 Å². The number of nitrogens with one attached hydrogen (secondary N) is 2. The number of carbonyl (C=O) groups is 2. The number of phenols is 1. The second-order valence-electron chi connectivity index (χ2n) is 4.88. The normalized spacial score (nSPS) is 10.5. The maximum Gasteiger partial charge on any atom is 0.259 e. The van der Waals surface area contributed by atoms with E-state index in [9.17, 15) is 14.7 Å². The van der Waals surface area contributed by atoms with Crippen molar-refractivity contribution >= 4 is 29.6 Å². The molecule has 7 nitrogen and oxygen atoms in total. The molecule has 0 saturated heterocycles. The van der Waals surface area contributed by atoms with Crippen LogP contribution in [-0.4, -0.2) is 36.8 Å². The van der Waals surface area contributed by atoms with Crippen molar-refractivity contribution < 1.29 is 19.4 Å². The molecular weight excluding hydrogens is 346 g/mol. The van der Waals surface area contributed by atoms with Crippen LogP contribution < -0.4 is 15.5 Å². The fourth-order valence-corrected chi connectivity index (χ4v) is 2.01. The molecular formula is C17H16ClN3O4. The Labute approximate surface area is 149 Å². The Morgan fingerprint density at radius 1 is 1.24 bits per heavy atom. The van der Waals surface area contributed by atoms with Gasteiger partial charge in [0.2, 0.25) is 0 Å². The minimum absolute atomic E-state index is 0.0842. The van der Waals surface area contributed by atoms with Gasteiger partial charge in [-0.15, -0.1) is 0 Å². The Hall–Kier alpha value is -3.06. The molecule has 0 bridgehead atoms. The van der Waals surface area contributed by atoms with E-state index in [1.54, 1.807) is 42.5 Å². The van der Waals surface area contributed by atoms with Crippen molar-refractivity contribution in [3.63, 3.8) is 0 Å². The lowest BCUT2D eigenvalue weighted by Gasteiger charge is -2.05. The number of hydrazone groups is 1. The van der Waals surface area contributed by atoms with Crippen LogP contribution in [0.4, 0.5) is 0 Å². The maximum absolute atomic E-state index is 11.9. The first-order valence-electron chi connectivity index (χ1n) is 7.23. The number of ether oxygens (including phenoxy) is 1. The number of hydrogen-bond donors (Lipinski definition) is 3. The molecule has 3 N–H and O–H groups in total. The lowest BCUT2D eigenvalue weighted by molar-refractivity contribution is -0.120. The summed E-state index contributed by atoms with van der Waals surface area (Å²) in [4.78, 5) is 23.5. The highest BCUT2D eigenvalue weighted by Gasteiger charge is 2.08. The van der Waals surface area contributed by atoms with Crippen molar-refractivity contribution in [3.05, 3.63) is 58.6 Å². The largest absolute Gasteiger partial charge is 0.504 e. The third-order valence-electron chi connectivity index (χ3n) is 3.16. The number of carbonyl (C=O) groups excluding carboxylic acids is 2. The molecule has 2 amide bonds. The number of amides is 2. The van der Waals surface area contributed by atoms with Crippen LogP contribution in [0.5, 0.6) is 11.5 Å². The number of rotatable bonds is 6. The van der Waals surface area contributed by atoms with Gasteiger partial charge in [0.1, 0.15) is 0 Å². The summed E-state index contributed by atoms with van der Waals surface area (Å²) in [5.74, 6) is -0.702. The van der Waals surface area contributed by atoms with Gasteiger partial charge in [-0.1, -0.05) is 17.7 Å². The highest BCUT2D eigenvalue weighted by molar-refractivity contribution is 6.30. The summed E-state index contributed by atoms with van der Waals surface area (Å²) in [5, 5.41) is 16.6. The number of phenolic OH excluding ortho intramolecular Hbond substituents is 1. The molecule has 0 spiro atoms. The van der Waals surface area contributed by atoms with Gasteiger partial charge in [0.25, 0.3) is 11.8 Å². The Kier molecular flexibility index (Phi) is 6.36. The number of para-hydroxylation sites is 1. The van der Waals surface area contributed by atoms with E-state index in [0.717, 1.165) is 0 Å². The number of aromatic hydroxyl groups is 1. The SMILES string of the molecule is COc1cccc(C=NNC(=O)CNC(=O)c2ccc(Cl)cc2)c1O. The summed E-state index contributed by atoms with van der Waals surface area (Å²) >= 11 is 5.74. The first-order chi connectivity index (χ1) is 12.0. The van der Waals surface area contributed by atoms with Crippen LogP contribution in [0.1, 0.15) is 15.9 Å². The Morgan fingerprint density at radius 2 is 1.96 bits per heavy atom. The third kappa shape index (κ3) is 5.22. The Bertz CT molecular complexity index is 791. The average molecular weight is 362 g/mol. The summed E-state index contributed by atoms with van der Waals surface area (Å²) in [6, 6.07) is 11.2. The second-order valence-corrected chi connectivity index (χ2v) is 5.32. The van der Waals surface area contributed by atoms with Crippen LogP contribution in [-0.2, 0) is 4.79 Å². The van der Waals surface area contributed by atoms with Crippen molar-refractivity contribution in [1.29, 1.82) is 0 Å². The predicted molar refractivity (Wildman–Crippen MR) is 94.2 cm³/mol. The molecule has 0 aliphatic heterocycles. The molecule has 0 atom stereocenters. The summed E-state index contributed by atoms with van der Waals surface area (Å²) < 4.78 is 4.97. The van der Waals surface area contributed by atoms with E-state index < -0.39 is 11.8 Å². The van der Waals surface area contributed by atoms with E-state index >= 15 is 0 Å². The van der Waals surface area contributed by atoms with Crippen LogP contribution in [0.3, 0.4) is 0 Å². The minimum atomic E-state index is -0.513. The van der Waals surface area contributed by atoms with E-state index in [0.29, 0.717) is 21.9 Å². The van der Waals surface area contributed by atoms with Crippen molar-refractivity contribution in [2.24, 2.45) is 5.10 Å². The van der Waals surface area contributed by atoms with E-state index in [1.807, 2.05) is 0 Å². The molecule has 0 fully saturated rings. The van der Waals surface area contributed by atoms with E-state index in [4.69, 9.17) is 16.3 Å². The molecule has 2 rings (SSSR count). The fraction of sp³-hybridized carbons (Fsp3) is 0.118. The minimum Gasteiger partial charge on any atom is -0.504 e. The van der Waals surface area contributed by atoms with Gasteiger partial charge in [-0.3, -0.25) is 9.59 Å². The van der Waals surface area contributed by atoms with Crippen molar-refractivity contribution in [2.75, 3.05) is 13.7 Å². The monoisotopic (exact) mass is 361 g/mol. The zero-order chi connectivity index (χ0) is 18.2. The topological polar surface area (TPSA) is 100 Å². The third-order valence-corrected chi connectivity index (χ3v) is 3.41. The number of nitrogens with zero attached hydrogens (tertiary/aromatic N) is 1. The molecule has 0 saturated carbocycles. The van der Waals surface area contributed by atoms with Crippen LogP contribution in [0, 0.1) is 0 Å².